The molecule has 0 fully saturated rings. The maximum Gasteiger partial charge on any atom is 0.256 e. The first-order chi connectivity index (χ1) is 7.66. The summed E-state index contributed by atoms with van der Waals surface area (Å²) < 4.78 is 0. The molecule has 1 N–H and O–H groups in total. The third-order valence-corrected chi connectivity index (χ3v) is 3.15. The molecule has 0 aliphatic heterocycles. The van der Waals surface area contributed by atoms with Crippen LogP contribution in [0.2, 0.25) is 5.15 Å². The Labute approximate surface area is 102 Å². The number of aromatic nitrogens is 1. The van der Waals surface area contributed by atoms with E-state index in [0.29, 0.717) is 16.4 Å². The van der Waals surface area contributed by atoms with Gasteiger partial charge < -0.3 is 5.32 Å². The smallest absolute Gasteiger partial charge is 0.256 e. The fraction of sp³-hybridized carbons (Fsp3) is 0.0909. The van der Waals surface area contributed by atoms with Gasteiger partial charge in [-0.05, 0) is 30.0 Å². The summed E-state index contributed by atoms with van der Waals surface area (Å²) in [7, 11) is 0. The average Bonchev–Trinajstić information content (AvgIpc) is 2.64. The van der Waals surface area contributed by atoms with Crippen molar-refractivity contribution in [1.82, 2.24) is 4.98 Å². The Morgan fingerprint density at radius 3 is 2.94 bits per heavy atom. The standard InChI is InChI=1S/C11H9ClN2OS/c1-7-5-16-6-9(7)11(15)14-8-2-3-13-10(12)4-8/h2-6H,1H3,(H,13,14,15). The van der Waals surface area contributed by atoms with Gasteiger partial charge in [-0.25, -0.2) is 4.98 Å². The van der Waals surface area contributed by atoms with Crippen molar-refractivity contribution in [3.63, 3.8) is 0 Å². The topological polar surface area (TPSA) is 42.0 Å². The third-order valence-electron chi connectivity index (χ3n) is 2.08. The summed E-state index contributed by atoms with van der Waals surface area (Å²) in [6.07, 6.45) is 1.55. The van der Waals surface area contributed by atoms with Crippen molar-refractivity contribution in [2.24, 2.45) is 0 Å². The molecular formula is C11H9ClN2OS. The lowest BCUT2D eigenvalue weighted by Gasteiger charge is -2.04. The normalized spacial score (nSPS) is 10.1. The predicted molar refractivity (Wildman–Crippen MR) is 66.3 cm³/mol. The summed E-state index contributed by atoms with van der Waals surface area (Å²) in [5.74, 6) is -0.124. The molecular weight excluding hydrogens is 244 g/mol. The molecule has 0 atom stereocenters. The molecule has 0 radical (unpaired) electrons. The van der Waals surface area contributed by atoms with E-state index in [2.05, 4.69) is 10.3 Å². The second-order valence-corrected chi connectivity index (χ2v) is 4.42. The number of carbonyl (C=O) groups is 1. The number of carbonyl (C=O) groups excluding carboxylic acids is 1. The van der Waals surface area contributed by atoms with Crippen LogP contribution in [0.1, 0.15) is 15.9 Å². The number of hydrogen-bond acceptors (Lipinski definition) is 3. The highest BCUT2D eigenvalue weighted by molar-refractivity contribution is 7.08. The summed E-state index contributed by atoms with van der Waals surface area (Å²) in [6, 6.07) is 3.31. The quantitative estimate of drug-likeness (QED) is 0.833. The lowest BCUT2D eigenvalue weighted by molar-refractivity contribution is 0.102. The van der Waals surface area contributed by atoms with Gasteiger partial charge in [-0.15, -0.1) is 0 Å². The number of thiophene rings is 1. The molecule has 2 rings (SSSR count). The number of nitrogens with zero attached hydrogens (tertiary/aromatic N) is 1. The molecule has 0 spiro atoms. The number of anilines is 1. The van der Waals surface area contributed by atoms with Crippen molar-refractivity contribution >= 4 is 34.5 Å². The molecule has 0 unspecified atom stereocenters. The van der Waals surface area contributed by atoms with Gasteiger partial charge >= 0.3 is 0 Å². The molecule has 2 aromatic rings. The molecule has 1 amide bonds. The van der Waals surface area contributed by atoms with Gasteiger partial charge in [0, 0.05) is 17.3 Å². The zero-order valence-corrected chi connectivity index (χ0v) is 10.1. The molecule has 16 heavy (non-hydrogen) atoms. The van der Waals surface area contributed by atoms with E-state index >= 15 is 0 Å². The lowest BCUT2D eigenvalue weighted by atomic mass is 10.2. The molecule has 0 aliphatic rings. The van der Waals surface area contributed by atoms with Gasteiger partial charge in [-0.2, -0.15) is 11.3 Å². The maximum atomic E-state index is 11.8. The fourth-order valence-electron chi connectivity index (χ4n) is 1.27. The highest BCUT2D eigenvalue weighted by Crippen LogP contribution is 2.17. The van der Waals surface area contributed by atoms with Crippen molar-refractivity contribution in [2.45, 2.75) is 6.92 Å². The second-order valence-electron chi connectivity index (χ2n) is 3.29. The highest BCUT2D eigenvalue weighted by Gasteiger charge is 2.09. The molecule has 5 heteroatoms. The molecule has 0 bridgehead atoms. The van der Waals surface area contributed by atoms with E-state index < -0.39 is 0 Å². The van der Waals surface area contributed by atoms with Crippen LogP contribution in [0.25, 0.3) is 0 Å². The fourth-order valence-corrected chi connectivity index (χ4v) is 2.27. The summed E-state index contributed by atoms with van der Waals surface area (Å²) in [5.41, 5.74) is 2.32. The Kier molecular flexibility index (Phi) is 3.22. The molecule has 2 aromatic heterocycles. The van der Waals surface area contributed by atoms with Crippen LogP contribution in [-0.4, -0.2) is 10.9 Å². The van der Waals surface area contributed by atoms with Crippen molar-refractivity contribution in [1.29, 1.82) is 0 Å². The van der Waals surface area contributed by atoms with Crippen LogP contribution in [0.4, 0.5) is 5.69 Å². The van der Waals surface area contributed by atoms with E-state index in [0.717, 1.165) is 5.56 Å². The monoisotopic (exact) mass is 252 g/mol. The zero-order valence-electron chi connectivity index (χ0n) is 8.53. The number of hydrogen-bond donors (Lipinski definition) is 1. The number of amides is 1. The Morgan fingerprint density at radius 2 is 2.31 bits per heavy atom. The Hall–Kier alpha value is -1.39. The highest BCUT2D eigenvalue weighted by atomic mass is 35.5. The van der Waals surface area contributed by atoms with Gasteiger partial charge in [-0.3, -0.25) is 4.79 Å². The number of pyridine rings is 1. The van der Waals surface area contributed by atoms with Crippen LogP contribution < -0.4 is 5.32 Å². The first-order valence-electron chi connectivity index (χ1n) is 4.62. The third kappa shape index (κ3) is 2.40. The van der Waals surface area contributed by atoms with Crippen LogP contribution in [0, 0.1) is 6.92 Å². The minimum absolute atomic E-state index is 0.124. The van der Waals surface area contributed by atoms with Gasteiger partial charge in [-0.1, -0.05) is 11.6 Å². The van der Waals surface area contributed by atoms with E-state index in [1.807, 2.05) is 17.7 Å². The van der Waals surface area contributed by atoms with Crippen LogP contribution in [0.5, 0.6) is 0 Å². The minimum atomic E-state index is -0.124. The van der Waals surface area contributed by atoms with Crippen LogP contribution in [0.15, 0.2) is 29.1 Å². The first-order valence-corrected chi connectivity index (χ1v) is 5.94. The summed E-state index contributed by atoms with van der Waals surface area (Å²) in [5, 5.41) is 6.90. The molecule has 0 saturated carbocycles. The van der Waals surface area contributed by atoms with Crippen LogP contribution >= 0.6 is 22.9 Å². The molecule has 0 saturated heterocycles. The molecule has 82 valence electrons. The largest absolute Gasteiger partial charge is 0.322 e. The summed E-state index contributed by atoms with van der Waals surface area (Å²) >= 11 is 7.23. The molecule has 3 nitrogen and oxygen atoms in total. The zero-order chi connectivity index (χ0) is 11.5. The predicted octanol–water partition coefficient (Wildman–Crippen LogP) is 3.36. The van der Waals surface area contributed by atoms with Gasteiger partial charge in [0.25, 0.3) is 5.91 Å². The van der Waals surface area contributed by atoms with Crippen molar-refractivity contribution in [3.8, 4) is 0 Å². The van der Waals surface area contributed by atoms with Gasteiger partial charge in [0.1, 0.15) is 5.15 Å². The van der Waals surface area contributed by atoms with E-state index in [1.54, 1.807) is 18.3 Å². The van der Waals surface area contributed by atoms with Gasteiger partial charge in [0.15, 0.2) is 0 Å². The molecule has 2 heterocycles. The SMILES string of the molecule is Cc1cscc1C(=O)Nc1ccnc(Cl)c1. The van der Waals surface area contributed by atoms with E-state index in [-0.39, 0.29) is 5.91 Å². The average molecular weight is 253 g/mol. The van der Waals surface area contributed by atoms with Gasteiger partial charge in [0.05, 0.1) is 5.56 Å². The number of halogens is 1. The Morgan fingerprint density at radius 1 is 1.50 bits per heavy atom. The number of rotatable bonds is 2. The molecule has 0 aliphatic carbocycles. The van der Waals surface area contributed by atoms with Crippen LogP contribution in [-0.2, 0) is 0 Å². The minimum Gasteiger partial charge on any atom is -0.322 e. The van der Waals surface area contributed by atoms with Crippen LogP contribution in [0.3, 0.4) is 0 Å². The lowest BCUT2D eigenvalue weighted by Crippen LogP contribution is -2.12. The van der Waals surface area contributed by atoms with E-state index in [4.69, 9.17) is 11.6 Å². The summed E-state index contributed by atoms with van der Waals surface area (Å²) in [6.45, 7) is 1.91. The van der Waals surface area contributed by atoms with E-state index in [1.165, 1.54) is 11.3 Å². The number of aryl methyl sites for hydroxylation is 1. The maximum absolute atomic E-state index is 11.8. The first kappa shape index (κ1) is 11.1. The van der Waals surface area contributed by atoms with Gasteiger partial charge in [0.2, 0.25) is 0 Å². The molecule has 0 aromatic carbocycles. The van der Waals surface area contributed by atoms with Crippen molar-refractivity contribution < 1.29 is 4.79 Å². The summed E-state index contributed by atoms with van der Waals surface area (Å²) in [4.78, 5) is 15.7. The Bertz CT molecular complexity index is 524. The second kappa shape index (κ2) is 4.63. The van der Waals surface area contributed by atoms with E-state index in [9.17, 15) is 4.79 Å². The van der Waals surface area contributed by atoms with Crippen molar-refractivity contribution in [2.75, 3.05) is 5.32 Å². The van der Waals surface area contributed by atoms with Crippen molar-refractivity contribution in [3.05, 3.63) is 45.4 Å². The Balaban J connectivity index is 2.17. The number of nitrogens with one attached hydrogen (secondary N) is 1.